The van der Waals surface area contributed by atoms with Crippen LogP contribution >= 0.6 is 23.8 Å². The maximum absolute atomic E-state index is 10.7. The largest absolute Gasteiger partial charge is 0.361 e. The highest BCUT2D eigenvalue weighted by molar-refractivity contribution is 7.80. The molecule has 0 amide bonds. The molecule has 1 aromatic rings. The van der Waals surface area contributed by atoms with Crippen molar-refractivity contribution in [1.29, 1.82) is 0 Å². The van der Waals surface area contributed by atoms with Gasteiger partial charge in [-0.25, -0.2) is 0 Å². The van der Waals surface area contributed by atoms with Gasteiger partial charge in [-0.05, 0) is 24.7 Å². The van der Waals surface area contributed by atoms with Crippen LogP contribution in [0.2, 0.25) is 5.02 Å². The van der Waals surface area contributed by atoms with Gasteiger partial charge in [-0.2, -0.15) is 5.10 Å². The van der Waals surface area contributed by atoms with Gasteiger partial charge in [0, 0.05) is 18.2 Å². The first-order valence-corrected chi connectivity index (χ1v) is 6.84. The average molecular weight is 315 g/mol. The van der Waals surface area contributed by atoms with E-state index < -0.39 is 4.92 Å². The van der Waals surface area contributed by atoms with Gasteiger partial charge in [0.25, 0.3) is 5.69 Å². The van der Waals surface area contributed by atoms with Crippen molar-refractivity contribution in [3.05, 3.63) is 38.9 Å². The van der Waals surface area contributed by atoms with Crippen molar-refractivity contribution in [3.63, 3.8) is 0 Å². The second-order valence-electron chi connectivity index (χ2n) is 3.95. The second kappa shape index (κ2) is 8.44. The lowest BCUT2D eigenvalue weighted by atomic mass is 10.2. The van der Waals surface area contributed by atoms with Crippen molar-refractivity contribution >= 4 is 40.8 Å². The van der Waals surface area contributed by atoms with Crippen molar-refractivity contribution in [1.82, 2.24) is 10.7 Å². The lowest BCUT2D eigenvalue weighted by Crippen LogP contribution is -2.32. The number of nitro groups is 1. The van der Waals surface area contributed by atoms with Gasteiger partial charge in [-0.1, -0.05) is 31.0 Å². The molecule has 1 rings (SSSR count). The maximum atomic E-state index is 10.7. The Morgan fingerprint density at radius 3 is 3.00 bits per heavy atom. The predicted molar refractivity (Wildman–Crippen MR) is 84.3 cm³/mol. The molecule has 0 aromatic heterocycles. The summed E-state index contributed by atoms with van der Waals surface area (Å²) in [6, 6.07) is 4.44. The van der Waals surface area contributed by atoms with Crippen LogP contribution in [0.3, 0.4) is 0 Å². The number of thiocarbonyl (C=S) groups is 1. The van der Waals surface area contributed by atoms with Crippen LogP contribution in [0.5, 0.6) is 0 Å². The third kappa shape index (κ3) is 5.50. The summed E-state index contributed by atoms with van der Waals surface area (Å²) in [7, 11) is 0. The Morgan fingerprint density at radius 1 is 1.60 bits per heavy atom. The van der Waals surface area contributed by atoms with Crippen LogP contribution in [0.25, 0.3) is 0 Å². The van der Waals surface area contributed by atoms with Gasteiger partial charge in [0.2, 0.25) is 0 Å². The molecule has 2 N–H and O–H groups in total. The maximum Gasteiger partial charge on any atom is 0.288 e. The quantitative estimate of drug-likeness (QED) is 0.277. The number of hydrazone groups is 1. The number of halogens is 1. The van der Waals surface area contributed by atoms with Crippen LogP contribution in [0.4, 0.5) is 5.69 Å². The summed E-state index contributed by atoms with van der Waals surface area (Å²) < 4.78 is 0. The van der Waals surface area contributed by atoms with Gasteiger partial charge in [0.05, 0.1) is 11.1 Å². The molecule has 0 aliphatic heterocycles. The minimum atomic E-state index is -0.538. The highest BCUT2D eigenvalue weighted by atomic mass is 35.5. The van der Waals surface area contributed by atoms with E-state index in [2.05, 4.69) is 22.8 Å². The van der Waals surface area contributed by atoms with Crippen LogP contribution in [0.1, 0.15) is 25.3 Å². The third-order valence-corrected chi connectivity index (χ3v) is 2.92. The summed E-state index contributed by atoms with van der Waals surface area (Å²) in [6.07, 6.45) is 3.54. The first-order chi connectivity index (χ1) is 9.54. The number of nitrogens with one attached hydrogen (secondary N) is 2. The van der Waals surface area contributed by atoms with Crippen molar-refractivity contribution in [2.75, 3.05) is 6.54 Å². The van der Waals surface area contributed by atoms with Gasteiger partial charge in [0.15, 0.2) is 5.11 Å². The molecule has 8 heteroatoms. The molecule has 0 heterocycles. The van der Waals surface area contributed by atoms with E-state index in [-0.39, 0.29) is 10.7 Å². The summed E-state index contributed by atoms with van der Waals surface area (Å²) in [6.45, 7) is 2.87. The van der Waals surface area contributed by atoms with Gasteiger partial charge in [0.1, 0.15) is 5.02 Å². The molecule has 20 heavy (non-hydrogen) atoms. The van der Waals surface area contributed by atoms with E-state index in [4.69, 9.17) is 23.8 Å². The zero-order valence-corrected chi connectivity index (χ0v) is 12.5. The highest BCUT2D eigenvalue weighted by Crippen LogP contribution is 2.24. The lowest BCUT2D eigenvalue weighted by Gasteiger charge is -2.05. The molecule has 0 unspecified atom stereocenters. The smallest absolute Gasteiger partial charge is 0.288 e. The molecule has 0 spiro atoms. The molecule has 0 saturated carbocycles. The first-order valence-electron chi connectivity index (χ1n) is 6.05. The number of nitrogens with zero attached hydrogens (tertiary/aromatic N) is 2. The summed E-state index contributed by atoms with van der Waals surface area (Å²) in [5, 5.41) is 18.1. The molecule has 0 aliphatic carbocycles. The Balaban J connectivity index is 2.56. The van der Waals surface area contributed by atoms with Crippen LogP contribution in [-0.2, 0) is 0 Å². The average Bonchev–Trinajstić information content (AvgIpc) is 2.40. The number of hydrogen-bond donors (Lipinski definition) is 2. The van der Waals surface area contributed by atoms with Gasteiger partial charge in [-0.3, -0.25) is 15.5 Å². The molecule has 0 bridgehead atoms. The van der Waals surface area contributed by atoms with E-state index in [1.807, 2.05) is 0 Å². The van der Waals surface area contributed by atoms with E-state index >= 15 is 0 Å². The predicted octanol–water partition coefficient (Wildman–Crippen LogP) is 2.85. The number of unbranched alkanes of at least 4 members (excludes halogenated alkanes) is 1. The minimum Gasteiger partial charge on any atom is -0.361 e. The Bertz CT molecular complexity index is 522. The summed E-state index contributed by atoms with van der Waals surface area (Å²) in [4.78, 5) is 10.2. The Labute approximate surface area is 127 Å². The van der Waals surface area contributed by atoms with Crippen LogP contribution in [0, 0.1) is 10.1 Å². The van der Waals surface area contributed by atoms with Crippen molar-refractivity contribution < 1.29 is 4.92 Å². The molecule has 108 valence electrons. The molecule has 0 atom stereocenters. The number of hydrogen-bond acceptors (Lipinski definition) is 4. The standard InChI is InChI=1S/C12H15ClN4O2S/c1-2-3-6-14-12(20)16-15-8-9-4-5-10(13)11(7-9)17(18)19/h4-5,7-8H,2-3,6H2,1H3,(H2,14,16,20). The van der Waals surface area contributed by atoms with Crippen LogP contribution < -0.4 is 10.7 Å². The highest BCUT2D eigenvalue weighted by Gasteiger charge is 2.11. The summed E-state index contributed by atoms with van der Waals surface area (Å²) >= 11 is 10.7. The van der Waals surface area contributed by atoms with E-state index in [0.29, 0.717) is 10.7 Å². The molecular formula is C12H15ClN4O2S. The van der Waals surface area contributed by atoms with Crippen LogP contribution in [0.15, 0.2) is 23.3 Å². The molecule has 0 aliphatic rings. The third-order valence-electron chi connectivity index (χ3n) is 2.36. The molecule has 0 radical (unpaired) electrons. The fourth-order valence-corrected chi connectivity index (χ4v) is 1.67. The van der Waals surface area contributed by atoms with Crippen LogP contribution in [-0.4, -0.2) is 22.8 Å². The Hall–Kier alpha value is -1.73. The topological polar surface area (TPSA) is 79.6 Å². The fourth-order valence-electron chi connectivity index (χ4n) is 1.33. The zero-order valence-electron chi connectivity index (χ0n) is 10.9. The zero-order chi connectivity index (χ0) is 15.0. The molecule has 0 fully saturated rings. The Kier molecular flexibility index (Phi) is 6.89. The number of benzene rings is 1. The molecule has 1 aromatic carbocycles. The summed E-state index contributed by atoms with van der Waals surface area (Å²) in [5.74, 6) is 0. The van der Waals surface area contributed by atoms with Gasteiger partial charge < -0.3 is 5.32 Å². The second-order valence-corrected chi connectivity index (χ2v) is 4.76. The fraction of sp³-hybridized carbons (Fsp3) is 0.333. The van der Waals surface area contributed by atoms with Crippen molar-refractivity contribution in [3.8, 4) is 0 Å². The SMILES string of the molecule is CCCCNC(=S)NN=Cc1ccc(Cl)c([N+](=O)[O-])c1. The minimum absolute atomic E-state index is 0.0943. The van der Waals surface area contributed by atoms with E-state index in [1.165, 1.54) is 18.3 Å². The van der Waals surface area contributed by atoms with E-state index in [0.717, 1.165) is 19.4 Å². The number of rotatable bonds is 6. The van der Waals surface area contributed by atoms with Gasteiger partial charge in [-0.15, -0.1) is 0 Å². The lowest BCUT2D eigenvalue weighted by molar-refractivity contribution is -0.384. The molecule has 6 nitrogen and oxygen atoms in total. The molecule has 0 saturated heterocycles. The Morgan fingerprint density at radius 2 is 2.35 bits per heavy atom. The number of nitro benzene ring substituents is 1. The van der Waals surface area contributed by atoms with E-state index in [1.54, 1.807) is 6.07 Å². The van der Waals surface area contributed by atoms with Crippen molar-refractivity contribution in [2.45, 2.75) is 19.8 Å². The van der Waals surface area contributed by atoms with Gasteiger partial charge >= 0.3 is 0 Å². The van der Waals surface area contributed by atoms with E-state index in [9.17, 15) is 10.1 Å². The normalized spacial score (nSPS) is 10.5. The monoisotopic (exact) mass is 314 g/mol. The van der Waals surface area contributed by atoms with Crippen molar-refractivity contribution in [2.24, 2.45) is 5.10 Å². The first kappa shape index (κ1) is 16.3. The summed E-state index contributed by atoms with van der Waals surface area (Å²) in [5.41, 5.74) is 3.05. The molecular weight excluding hydrogens is 300 g/mol.